The van der Waals surface area contributed by atoms with Gasteiger partial charge >= 0.3 is 0 Å². The first-order valence-electron chi connectivity index (χ1n) is 10.7. The van der Waals surface area contributed by atoms with Crippen molar-refractivity contribution in [1.82, 2.24) is 0 Å². The zero-order chi connectivity index (χ0) is 23.9. The van der Waals surface area contributed by atoms with Crippen LogP contribution in [-0.2, 0) is 14.2 Å². The zero-order valence-corrected chi connectivity index (χ0v) is 18.6. The number of non-ortho nitro benzene ring substituents is 2. The molecule has 33 heavy (non-hydrogen) atoms. The van der Waals surface area contributed by atoms with E-state index in [1.54, 1.807) is 24.3 Å². The molecule has 0 aromatic heterocycles. The highest BCUT2D eigenvalue weighted by Crippen LogP contribution is 2.20. The summed E-state index contributed by atoms with van der Waals surface area (Å²) in [5.74, 6) is 0. The summed E-state index contributed by atoms with van der Waals surface area (Å²) >= 11 is 0. The molecule has 11 heteroatoms. The van der Waals surface area contributed by atoms with Crippen molar-refractivity contribution in [3.8, 4) is 0 Å². The van der Waals surface area contributed by atoms with Crippen LogP contribution in [-0.4, -0.2) is 55.7 Å². The van der Waals surface area contributed by atoms with Crippen molar-refractivity contribution in [2.75, 3.05) is 50.3 Å². The summed E-state index contributed by atoms with van der Waals surface area (Å²) in [6, 6.07) is 12.2. The SMILES string of the molecule is CCCOCCOCCOCCC(Nc1ccc([N+](=O)[O-])cc1)Nc1ccc([N+](=O)[O-])cc1. The summed E-state index contributed by atoms with van der Waals surface area (Å²) in [7, 11) is 0. The third-order valence-electron chi connectivity index (χ3n) is 4.48. The third-order valence-corrected chi connectivity index (χ3v) is 4.48. The molecule has 0 aliphatic rings. The van der Waals surface area contributed by atoms with E-state index in [-0.39, 0.29) is 17.5 Å². The average molecular weight is 463 g/mol. The van der Waals surface area contributed by atoms with Crippen LogP contribution in [0.4, 0.5) is 22.7 Å². The maximum Gasteiger partial charge on any atom is 0.269 e. The molecule has 0 bridgehead atoms. The van der Waals surface area contributed by atoms with E-state index in [9.17, 15) is 20.2 Å². The predicted molar refractivity (Wildman–Crippen MR) is 125 cm³/mol. The molecular weight excluding hydrogens is 432 g/mol. The van der Waals surface area contributed by atoms with Crippen molar-refractivity contribution >= 4 is 22.7 Å². The van der Waals surface area contributed by atoms with Crippen molar-refractivity contribution in [2.45, 2.75) is 25.9 Å². The highest BCUT2D eigenvalue weighted by atomic mass is 16.6. The van der Waals surface area contributed by atoms with Crippen molar-refractivity contribution in [1.29, 1.82) is 0 Å². The van der Waals surface area contributed by atoms with Gasteiger partial charge in [0.25, 0.3) is 11.4 Å². The van der Waals surface area contributed by atoms with E-state index in [1.165, 1.54) is 24.3 Å². The largest absolute Gasteiger partial charge is 0.379 e. The van der Waals surface area contributed by atoms with Crippen LogP contribution in [0.2, 0.25) is 0 Å². The molecule has 0 aliphatic heterocycles. The van der Waals surface area contributed by atoms with Crippen molar-refractivity contribution in [3.05, 3.63) is 68.8 Å². The number of nitrogens with zero attached hydrogens (tertiary/aromatic N) is 2. The summed E-state index contributed by atoms with van der Waals surface area (Å²) in [6.07, 6.45) is 1.26. The second-order valence-electron chi connectivity index (χ2n) is 7.08. The first-order chi connectivity index (χ1) is 16.0. The second kappa shape index (κ2) is 14.7. The van der Waals surface area contributed by atoms with Gasteiger partial charge in [-0.1, -0.05) is 6.92 Å². The van der Waals surface area contributed by atoms with Gasteiger partial charge in [0.2, 0.25) is 0 Å². The highest BCUT2D eigenvalue weighted by molar-refractivity contribution is 5.53. The van der Waals surface area contributed by atoms with Crippen LogP contribution in [0, 0.1) is 20.2 Å². The summed E-state index contributed by atoms with van der Waals surface area (Å²) in [5, 5.41) is 28.2. The van der Waals surface area contributed by atoms with E-state index in [0.29, 0.717) is 50.8 Å². The summed E-state index contributed by atoms with van der Waals surface area (Å²) in [6.45, 7) is 5.20. The minimum atomic E-state index is -0.456. The van der Waals surface area contributed by atoms with Crippen LogP contribution in [0.15, 0.2) is 48.5 Å². The van der Waals surface area contributed by atoms with Crippen LogP contribution in [0.3, 0.4) is 0 Å². The molecule has 2 rings (SSSR count). The Bertz CT molecular complexity index is 787. The molecule has 0 saturated carbocycles. The molecule has 0 fully saturated rings. The third kappa shape index (κ3) is 10.3. The fraction of sp³-hybridized carbons (Fsp3) is 0.455. The van der Waals surface area contributed by atoms with Crippen molar-refractivity contribution in [3.63, 3.8) is 0 Å². The molecule has 0 radical (unpaired) electrons. The van der Waals surface area contributed by atoms with E-state index in [1.807, 2.05) is 0 Å². The Labute approximate surface area is 192 Å². The number of nitrogens with one attached hydrogen (secondary N) is 2. The molecule has 0 atom stereocenters. The number of hydrogen-bond donors (Lipinski definition) is 2. The molecule has 0 amide bonds. The highest BCUT2D eigenvalue weighted by Gasteiger charge is 2.12. The predicted octanol–water partition coefficient (Wildman–Crippen LogP) is 4.20. The lowest BCUT2D eigenvalue weighted by molar-refractivity contribution is -0.385. The Morgan fingerprint density at radius 3 is 1.48 bits per heavy atom. The monoisotopic (exact) mass is 462 g/mol. The number of anilines is 2. The molecule has 2 N–H and O–H groups in total. The van der Waals surface area contributed by atoms with Crippen LogP contribution in [0.5, 0.6) is 0 Å². The van der Waals surface area contributed by atoms with Gasteiger partial charge in [-0.05, 0) is 30.7 Å². The fourth-order valence-electron chi connectivity index (χ4n) is 2.83. The van der Waals surface area contributed by atoms with Crippen LogP contribution in [0.1, 0.15) is 19.8 Å². The number of hydrogen-bond acceptors (Lipinski definition) is 9. The van der Waals surface area contributed by atoms with E-state index >= 15 is 0 Å². The Morgan fingerprint density at radius 2 is 1.09 bits per heavy atom. The van der Waals surface area contributed by atoms with E-state index in [4.69, 9.17) is 14.2 Å². The van der Waals surface area contributed by atoms with E-state index < -0.39 is 9.85 Å². The first kappa shape index (κ1) is 26.0. The standard InChI is InChI=1S/C22H30N4O7/c1-2-12-31-14-16-33-17-15-32-13-11-22(23-18-3-7-20(8-4-18)25(27)28)24-19-5-9-21(10-6-19)26(29)30/h3-10,22-24H,2,11-17H2,1H3. The van der Waals surface area contributed by atoms with E-state index in [0.717, 1.165) is 13.0 Å². The normalized spacial score (nSPS) is 10.8. The Morgan fingerprint density at radius 1 is 0.697 bits per heavy atom. The topological polar surface area (TPSA) is 138 Å². The van der Waals surface area contributed by atoms with E-state index in [2.05, 4.69) is 17.6 Å². The summed E-state index contributed by atoms with van der Waals surface area (Å²) in [5.41, 5.74) is 1.39. The number of nitro groups is 2. The minimum absolute atomic E-state index is 0.00357. The van der Waals surface area contributed by atoms with Crippen LogP contribution < -0.4 is 10.6 Å². The lowest BCUT2D eigenvalue weighted by atomic mass is 10.2. The Balaban J connectivity index is 1.84. The molecule has 180 valence electrons. The molecule has 0 saturated heterocycles. The number of nitro benzene ring substituents is 2. The molecule has 2 aromatic rings. The van der Waals surface area contributed by atoms with Gasteiger partial charge in [-0.2, -0.15) is 0 Å². The molecule has 0 heterocycles. The Kier molecular flexibility index (Phi) is 11.6. The first-order valence-corrected chi connectivity index (χ1v) is 10.7. The minimum Gasteiger partial charge on any atom is -0.379 e. The second-order valence-corrected chi connectivity index (χ2v) is 7.08. The number of benzene rings is 2. The number of ether oxygens (including phenoxy) is 3. The number of rotatable bonds is 17. The van der Waals surface area contributed by atoms with Gasteiger partial charge in [0.1, 0.15) is 0 Å². The van der Waals surface area contributed by atoms with Gasteiger partial charge < -0.3 is 24.8 Å². The molecule has 0 spiro atoms. The van der Waals surface area contributed by atoms with Crippen molar-refractivity contribution in [2.24, 2.45) is 0 Å². The summed E-state index contributed by atoms with van der Waals surface area (Å²) in [4.78, 5) is 20.8. The van der Waals surface area contributed by atoms with Gasteiger partial charge in [0.15, 0.2) is 0 Å². The molecule has 0 unspecified atom stereocenters. The Hall–Kier alpha value is -3.28. The van der Waals surface area contributed by atoms with Gasteiger partial charge in [0, 0.05) is 48.7 Å². The van der Waals surface area contributed by atoms with Crippen LogP contribution in [0.25, 0.3) is 0 Å². The van der Waals surface area contributed by atoms with Gasteiger partial charge in [-0.3, -0.25) is 20.2 Å². The van der Waals surface area contributed by atoms with Gasteiger partial charge in [-0.15, -0.1) is 0 Å². The maximum absolute atomic E-state index is 10.9. The maximum atomic E-state index is 10.9. The summed E-state index contributed by atoms with van der Waals surface area (Å²) < 4.78 is 16.4. The lowest BCUT2D eigenvalue weighted by Gasteiger charge is -2.22. The quantitative estimate of drug-likeness (QED) is 0.153. The van der Waals surface area contributed by atoms with Gasteiger partial charge in [0.05, 0.1) is 49.0 Å². The molecular formula is C22H30N4O7. The lowest BCUT2D eigenvalue weighted by Crippen LogP contribution is -2.30. The molecule has 11 nitrogen and oxygen atoms in total. The van der Waals surface area contributed by atoms with Crippen molar-refractivity contribution < 1.29 is 24.1 Å². The molecule has 0 aliphatic carbocycles. The zero-order valence-electron chi connectivity index (χ0n) is 18.6. The fourth-order valence-corrected chi connectivity index (χ4v) is 2.83. The average Bonchev–Trinajstić information content (AvgIpc) is 2.81. The van der Waals surface area contributed by atoms with Gasteiger partial charge in [-0.25, -0.2) is 0 Å². The smallest absolute Gasteiger partial charge is 0.269 e. The molecule has 2 aromatic carbocycles. The van der Waals surface area contributed by atoms with Crippen LogP contribution >= 0.6 is 0 Å².